The van der Waals surface area contributed by atoms with Gasteiger partial charge >= 0.3 is 0 Å². The Labute approximate surface area is 156 Å². The Balaban J connectivity index is 2.03. The molecule has 0 aliphatic carbocycles. The number of rotatable bonds is 4. The van der Waals surface area contributed by atoms with E-state index in [1.165, 1.54) is 26.2 Å². The van der Waals surface area contributed by atoms with Gasteiger partial charge in [-0.05, 0) is 31.5 Å². The molecule has 0 saturated carbocycles. The van der Waals surface area contributed by atoms with Gasteiger partial charge in [-0.1, -0.05) is 0 Å². The predicted octanol–water partition coefficient (Wildman–Crippen LogP) is 0.571. The van der Waals surface area contributed by atoms with Crippen LogP contribution in [0.1, 0.15) is 18.9 Å². The van der Waals surface area contributed by atoms with Crippen molar-refractivity contribution in [1.82, 2.24) is 0 Å². The number of hydrogen-bond donors (Lipinski definition) is 2. The highest BCUT2D eigenvalue weighted by Crippen LogP contribution is 2.41. The van der Waals surface area contributed by atoms with Gasteiger partial charge in [-0.25, -0.2) is 12.8 Å². The van der Waals surface area contributed by atoms with Crippen molar-refractivity contribution in [2.75, 3.05) is 38.0 Å². The maximum atomic E-state index is 14.6. The second-order valence-corrected chi connectivity index (χ2v) is 9.30. The first kappa shape index (κ1) is 19.7. The molecule has 1 spiro atoms. The minimum atomic E-state index is -3.74. The summed E-state index contributed by atoms with van der Waals surface area (Å²) >= 11 is 0. The quantitative estimate of drug-likeness (QED) is 0.764. The molecular weight excluding hydrogens is 377 g/mol. The molecule has 10 heteroatoms. The van der Waals surface area contributed by atoms with Gasteiger partial charge in [0.05, 0.1) is 12.4 Å². The van der Waals surface area contributed by atoms with E-state index in [1.54, 1.807) is 0 Å². The first-order chi connectivity index (χ1) is 12.6. The molecule has 1 unspecified atom stereocenters. The molecule has 2 aliphatic rings. The van der Waals surface area contributed by atoms with Gasteiger partial charge in [-0.3, -0.25) is 9.79 Å². The molecule has 0 aromatic heterocycles. The topological polar surface area (TPSA) is 120 Å². The monoisotopic (exact) mass is 399 g/mol. The lowest BCUT2D eigenvalue weighted by atomic mass is 9.92. The average Bonchev–Trinajstić information content (AvgIpc) is 3.06. The standard InChI is InChI=1S/C17H22FN3O5S/c1-16(10-27(23,24)17(15(19)21-16)5-6-26-9-17)12-7-11(3-4-13(12)18)20-14(22)8-25-2/h3-4,7H,5-6,8-10H2,1-2H3,(H2,19,21)(H,20,22)/t16-,17?/m0/s1. The highest BCUT2D eigenvalue weighted by atomic mass is 32.2. The molecule has 1 aromatic rings. The van der Waals surface area contributed by atoms with Gasteiger partial charge in [0.2, 0.25) is 5.91 Å². The van der Waals surface area contributed by atoms with E-state index >= 15 is 0 Å². The lowest BCUT2D eigenvalue weighted by Crippen LogP contribution is -2.58. The first-order valence-corrected chi connectivity index (χ1v) is 10.0. The number of sulfone groups is 1. The van der Waals surface area contributed by atoms with Crippen molar-refractivity contribution in [3.05, 3.63) is 29.6 Å². The van der Waals surface area contributed by atoms with E-state index in [0.717, 1.165) is 6.07 Å². The van der Waals surface area contributed by atoms with Gasteiger partial charge in [-0.2, -0.15) is 0 Å². The van der Waals surface area contributed by atoms with Crippen LogP contribution in [-0.2, 0) is 29.6 Å². The predicted molar refractivity (Wildman–Crippen MR) is 97.8 cm³/mol. The Morgan fingerprint density at radius 3 is 2.81 bits per heavy atom. The van der Waals surface area contributed by atoms with Crippen LogP contribution in [0.4, 0.5) is 10.1 Å². The Morgan fingerprint density at radius 2 is 2.22 bits per heavy atom. The van der Waals surface area contributed by atoms with Crippen molar-refractivity contribution in [1.29, 1.82) is 0 Å². The van der Waals surface area contributed by atoms with Crippen LogP contribution in [0, 0.1) is 5.82 Å². The van der Waals surface area contributed by atoms with E-state index in [0.29, 0.717) is 5.69 Å². The van der Waals surface area contributed by atoms with E-state index < -0.39 is 37.6 Å². The smallest absolute Gasteiger partial charge is 0.250 e. The fourth-order valence-corrected chi connectivity index (χ4v) is 5.80. The summed E-state index contributed by atoms with van der Waals surface area (Å²) in [6.45, 7) is 1.59. The van der Waals surface area contributed by atoms with Gasteiger partial charge in [0.15, 0.2) is 14.6 Å². The number of benzene rings is 1. The van der Waals surface area contributed by atoms with Crippen molar-refractivity contribution in [2.24, 2.45) is 10.7 Å². The van der Waals surface area contributed by atoms with Gasteiger partial charge in [0.1, 0.15) is 23.8 Å². The molecular formula is C17H22FN3O5S. The second kappa shape index (κ2) is 6.84. The molecule has 0 bridgehead atoms. The summed E-state index contributed by atoms with van der Waals surface area (Å²) in [5.41, 5.74) is 4.99. The molecule has 1 saturated heterocycles. The summed E-state index contributed by atoms with van der Waals surface area (Å²) in [5.74, 6) is -1.52. The van der Waals surface area contributed by atoms with E-state index in [4.69, 9.17) is 15.2 Å². The molecule has 1 amide bonds. The van der Waals surface area contributed by atoms with Crippen molar-refractivity contribution in [3.63, 3.8) is 0 Å². The maximum Gasteiger partial charge on any atom is 0.250 e. The minimum absolute atomic E-state index is 0.0398. The van der Waals surface area contributed by atoms with Crippen LogP contribution in [0.5, 0.6) is 0 Å². The van der Waals surface area contributed by atoms with Gasteiger partial charge in [0.25, 0.3) is 0 Å². The number of ether oxygens (including phenoxy) is 2. The molecule has 2 heterocycles. The lowest BCUT2D eigenvalue weighted by Gasteiger charge is -2.39. The Hall–Kier alpha value is -2.04. The van der Waals surface area contributed by atoms with Crippen LogP contribution in [0.2, 0.25) is 0 Å². The number of aliphatic imine (C=N–C) groups is 1. The van der Waals surface area contributed by atoms with E-state index in [1.807, 2.05) is 0 Å². The van der Waals surface area contributed by atoms with Crippen LogP contribution < -0.4 is 11.1 Å². The molecule has 3 rings (SSSR count). The number of anilines is 1. The fourth-order valence-electron chi connectivity index (χ4n) is 3.54. The number of nitrogens with one attached hydrogen (secondary N) is 1. The second-order valence-electron chi connectivity index (χ2n) is 7.00. The molecule has 27 heavy (non-hydrogen) atoms. The molecule has 2 aliphatic heterocycles. The number of hydrogen-bond acceptors (Lipinski definition) is 7. The summed E-state index contributed by atoms with van der Waals surface area (Å²) in [5, 5.41) is 2.57. The van der Waals surface area contributed by atoms with E-state index in [2.05, 4.69) is 10.3 Å². The van der Waals surface area contributed by atoms with Gasteiger partial charge < -0.3 is 20.5 Å². The molecule has 1 aromatic carbocycles. The number of nitrogens with two attached hydrogens (primary N) is 1. The number of nitrogens with zero attached hydrogens (tertiary/aromatic N) is 1. The van der Waals surface area contributed by atoms with Gasteiger partial charge in [-0.15, -0.1) is 0 Å². The summed E-state index contributed by atoms with van der Waals surface area (Å²) in [6.07, 6.45) is 0.232. The van der Waals surface area contributed by atoms with Crippen LogP contribution in [0.25, 0.3) is 0 Å². The number of amides is 1. The normalized spacial score (nSPS) is 29.5. The Bertz CT molecular complexity index is 896. The van der Waals surface area contributed by atoms with E-state index in [-0.39, 0.29) is 37.6 Å². The van der Waals surface area contributed by atoms with Crippen molar-refractivity contribution < 1.29 is 27.1 Å². The number of halogens is 1. The zero-order valence-electron chi connectivity index (χ0n) is 15.1. The highest BCUT2D eigenvalue weighted by molar-refractivity contribution is 7.93. The maximum absolute atomic E-state index is 14.6. The zero-order chi connectivity index (χ0) is 19.9. The highest BCUT2D eigenvalue weighted by Gasteiger charge is 2.57. The molecule has 8 nitrogen and oxygen atoms in total. The summed E-state index contributed by atoms with van der Waals surface area (Å²) in [6, 6.07) is 3.91. The Kier molecular flexibility index (Phi) is 5.00. The Morgan fingerprint density at radius 1 is 1.48 bits per heavy atom. The summed E-state index contributed by atoms with van der Waals surface area (Å²) in [7, 11) is -2.37. The number of methoxy groups -OCH3 is 1. The summed E-state index contributed by atoms with van der Waals surface area (Å²) < 4.78 is 49.3. The minimum Gasteiger partial charge on any atom is -0.386 e. The molecule has 1 fully saturated rings. The fraction of sp³-hybridized carbons (Fsp3) is 0.529. The molecule has 3 N–H and O–H groups in total. The average molecular weight is 399 g/mol. The van der Waals surface area contributed by atoms with Crippen molar-refractivity contribution in [2.45, 2.75) is 23.6 Å². The first-order valence-electron chi connectivity index (χ1n) is 8.38. The third kappa shape index (κ3) is 3.32. The molecule has 148 valence electrons. The van der Waals surface area contributed by atoms with Gasteiger partial charge in [0, 0.05) is 25.0 Å². The SMILES string of the molecule is COCC(=O)Nc1ccc(F)c([C@]2(C)CS(=O)(=O)C3(CCOC3)C(N)=N2)c1. The van der Waals surface area contributed by atoms with Crippen molar-refractivity contribution >= 4 is 27.3 Å². The van der Waals surface area contributed by atoms with Crippen LogP contribution in [0.15, 0.2) is 23.2 Å². The largest absolute Gasteiger partial charge is 0.386 e. The molecule has 2 atom stereocenters. The lowest BCUT2D eigenvalue weighted by molar-refractivity contribution is -0.119. The number of amidine groups is 1. The van der Waals surface area contributed by atoms with E-state index in [9.17, 15) is 17.6 Å². The van der Waals surface area contributed by atoms with Crippen LogP contribution >= 0.6 is 0 Å². The third-order valence-electron chi connectivity index (χ3n) is 4.99. The third-order valence-corrected chi connectivity index (χ3v) is 7.66. The van der Waals surface area contributed by atoms with Crippen LogP contribution in [0.3, 0.4) is 0 Å². The number of carbonyl (C=O) groups is 1. The molecule has 0 radical (unpaired) electrons. The summed E-state index contributed by atoms with van der Waals surface area (Å²) in [4.78, 5) is 16.1. The van der Waals surface area contributed by atoms with Crippen molar-refractivity contribution in [3.8, 4) is 0 Å². The zero-order valence-corrected chi connectivity index (χ0v) is 15.9. The number of carbonyl (C=O) groups excluding carboxylic acids is 1. The van der Waals surface area contributed by atoms with Crippen LogP contribution in [-0.4, -0.2) is 57.6 Å².